The molecule has 0 aromatic rings. The van der Waals surface area contributed by atoms with Gasteiger partial charge in [0.2, 0.25) is 0 Å². The first-order chi connectivity index (χ1) is 8.62. The Kier molecular flexibility index (Phi) is 8.98. The summed E-state index contributed by atoms with van der Waals surface area (Å²) in [6.45, 7) is 21.7. The Morgan fingerprint density at radius 2 is 1.32 bits per heavy atom. The molecule has 0 aliphatic heterocycles. The van der Waals surface area contributed by atoms with Crippen LogP contribution in [-0.4, -0.2) is 55.9 Å². The zero-order valence-electron chi connectivity index (χ0n) is 14.4. The Hall–Kier alpha value is 0.531. The molecule has 116 valence electrons. The summed E-state index contributed by atoms with van der Waals surface area (Å²) in [5.74, 6) is 0.125. The van der Waals surface area contributed by atoms with Gasteiger partial charge in [0.25, 0.3) is 0 Å². The Morgan fingerprint density at radius 1 is 0.895 bits per heavy atom. The van der Waals surface area contributed by atoms with E-state index in [1.54, 1.807) is 0 Å². The highest BCUT2D eigenvalue weighted by Crippen LogP contribution is 2.20. The van der Waals surface area contributed by atoms with Crippen LogP contribution in [0, 0.1) is 0 Å². The third kappa shape index (κ3) is 8.41. The molecule has 0 N–H and O–H groups in total. The lowest BCUT2D eigenvalue weighted by molar-refractivity contribution is -0.0827. The zero-order chi connectivity index (χ0) is 15.1. The summed E-state index contributed by atoms with van der Waals surface area (Å²) in [6.07, 6.45) is 0. The maximum atomic E-state index is 5.68. The second-order valence-corrected chi connectivity index (χ2v) is 19.1. The first kappa shape index (κ1) is 19.5. The normalized spacial score (nSPS) is 14.2. The zero-order valence-corrected chi connectivity index (χ0v) is 17.8. The highest BCUT2D eigenvalue weighted by molar-refractivity contribution is 6.89. The van der Waals surface area contributed by atoms with E-state index in [1.165, 1.54) is 12.6 Å². The van der Waals surface area contributed by atoms with Gasteiger partial charge in [-0.2, -0.15) is 0 Å². The fraction of sp³-hybridized carbons (Fsp3) is 1.00. The van der Waals surface area contributed by atoms with E-state index in [9.17, 15) is 0 Å². The van der Waals surface area contributed by atoms with Crippen LogP contribution in [-0.2, 0) is 9.47 Å². The molecule has 0 spiro atoms. The van der Waals surface area contributed by atoms with Crippen LogP contribution < -0.4 is 0 Å². The summed E-state index contributed by atoms with van der Waals surface area (Å²) in [4.78, 5) is 0. The fourth-order valence-corrected chi connectivity index (χ4v) is 14.7. The summed E-state index contributed by atoms with van der Waals surface area (Å²) < 4.78 is 14.2. The van der Waals surface area contributed by atoms with Crippen LogP contribution in [0.15, 0.2) is 0 Å². The maximum Gasteiger partial charge on any atom is 0.134 e. The molecule has 0 atom stereocenters. The monoisotopic (exact) mass is 321 g/mol. The number of nitrogens with zero attached hydrogens (tertiary/aromatic N) is 1. The molecule has 0 saturated heterocycles. The van der Waals surface area contributed by atoms with Gasteiger partial charge in [0.05, 0.1) is 9.52 Å². The SMILES string of the molecule is CCOC(OCC)[SiH2]CCN([Si](C)(C)C)[Si](C)(C)C. The van der Waals surface area contributed by atoms with Crippen molar-refractivity contribution in [2.75, 3.05) is 19.8 Å². The van der Waals surface area contributed by atoms with E-state index in [0.29, 0.717) is 0 Å². The summed E-state index contributed by atoms with van der Waals surface area (Å²) in [6, 6.07) is 1.30. The second-order valence-electron chi connectivity index (χ2n) is 6.98. The van der Waals surface area contributed by atoms with Gasteiger partial charge < -0.3 is 13.7 Å². The standard InChI is InChI=1S/C13H35NO2Si3/c1-9-15-13(16-10-2)17-12-11-14(18(3,4)5)19(6,7)8/h13H,9-12,17H2,1-8H3. The second kappa shape index (κ2) is 8.74. The van der Waals surface area contributed by atoms with Crippen LogP contribution in [0.1, 0.15) is 13.8 Å². The molecule has 0 amide bonds. The fourth-order valence-electron chi connectivity index (χ4n) is 2.68. The summed E-state index contributed by atoms with van der Waals surface area (Å²) in [7, 11) is -2.69. The molecule has 0 saturated carbocycles. The summed E-state index contributed by atoms with van der Waals surface area (Å²) in [5.41, 5.74) is 0. The molecule has 0 bridgehead atoms. The van der Waals surface area contributed by atoms with Crippen molar-refractivity contribution in [3.63, 3.8) is 0 Å². The number of rotatable bonds is 10. The number of hydrogen-bond donors (Lipinski definition) is 0. The molecule has 0 unspecified atom stereocenters. The van der Waals surface area contributed by atoms with E-state index >= 15 is 0 Å². The van der Waals surface area contributed by atoms with Crippen molar-refractivity contribution in [1.82, 2.24) is 4.23 Å². The van der Waals surface area contributed by atoms with Gasteiger partial charge in [-0.1, -0.05) is 39.3 Å². The van der Waals surface area contributed by atoms with Crippen molar-refractivity contribution < 1.29 is 9.47 Å². The van der Waals surface area contributed by atoms with Gasteiger partial charge in [0.1, 0.15) is 22.4 Å². The first-order valence-corrected chi connectivity index (χ1v) is 16.3. The first-order valence-electron chi connectivity index (χ1n) is 7.63. The van der Waals surface area contributed by atoms with Crippen molar-refractivity contribution in [3.05, 3.63) is 0 Å². The van der Waals surface area contributed by atoms with Crippen molar-refractivity contribution in [2.24, 2.45) is 0 Å². The molecule has 0 aromatic carbocycles. The van der Waals surface area contributed by atoms with Crippen molar-refractivity contribution in [3.8, 4) is 0 Å². The van der Waals surface area contributed by atoms with Gasteiger partial charge in [0.15, 0.2) is 0 Å². The lowest BCUT2D eigenvalue weighted by Crippen LogP contribution is -2.59. The Bertz CT molecular complexity index is 219. The summed E-state index contributed by atoms with van der Waals surface area (Å²) in [5, 5.41) is 0. The smallest absolute Gasteiger partial charge is 0.134 e. The van der Waals surface area contributed by atoms with E-state index < -0.39 is 16.5 Å². The highest BCUT2D eigenvalue weighted by Gasteiger charge is 2.33. The van der Waals surface area contributed by atoms with E-state index in [4.69, 9.17) is 9.47 Å². The minimum absolute atomic E-state index is 0.125. The van der Waals surface area contributed by atoms with Gasteiger partial charge in [-0.15, -0.1) is 0 Å². The van der Waals surface area contributed by atoms with E-state index in [2.05, 4.69) is 57.4 Å². The minimum atomic E-state index is -1.20. The molecular weight excluding hydrogens is 286 g/mol. The predicted octanol–water partition coefficient (Wildman–Crippen LogP) is 2.90. The highest BCUT2D eigenvalue weighted by atomic mass is 28.4. The van der Waals surface area contributed by atoms with Crippen LogP contribution in [0.25, 0.3) is 0 Å². The molecule has 6 heteroatoms. The van der Waals surface area contributed by atoms with Crippen LogP contribution >= 0.6 is 0 Å². The van der Waals surface area contributed by atoms with E-state index in [0.717, 1.165) is 13.2 Å². The molecule has 0 fully saturated rings. The number of ether oxygens (including phenoxy) is 2. The Morgan fingerprint density at radius 3 is 1.63 bits per heavy atom. The van der Waals surface area contributed by atoms with E-state index in [1.807, 2.05) is 0 Å². The predicted molar refractivity (Wildman–Crippen MR) is 93.8 cm³/mol. The van der Waals surface area contributed by atoms with Crippen LogP contribution in [0.4, 0.5) is 0 Å². The van der Waals surface area contributed by atoms with Crippen molar-refractivity contribution in [2.45, 2.75) is 65.1 Å². The van der Waals surface area contributed by atoms with Crippen molar-refractivity contribution >= 4 is 26.0 Å². The molecule has 0 rings (SSSR count). The molecule has 0 radical (unpaired) electrons. The molecule has 3 nitrogen and oxygen atoms in total. The van der Waals surface area contributed by atoms with Gasteiger partial charge in [-0.25, -0.2) is 0 Å². The summed E-state index contributed by atoms with van der Waals surface area (Å²) >= 11 is 0. The number of hydrogen-bond acceptors (Lipinski definition) is 3. The lowest BCUT2D eigenvalue weighted by atomic mass is 10.8. The maximum absolute atomic E-state index is 5.68. The topological polar surface area (TPSA) is 21.7 Å². The Labute approximate surface area is 125 Å². The quantitative estimate of drug-likeness (QED) is 0.456. The Balaban J connectivity index is 4.33. The van der Waals surface area contributed by atoms with Crippen LogP contribution in [0.2, 0.25) is 45.3 Å². The molecule has 0 aliphatic rings. The van der Waals surface area contributed by atoms with Gasteiger partial charge in [-0.3, -0.25) is 0 Å². The average molecular weight is 322 g/mol. The lowest BCUT2D eigenvalue weighted by Gasteiger charge is -2.43. The van der Waals surface area contributed by atoms with Crippen LogP contribution in [0.5, 0.6) is 0 Å². The van der Waals surface area contributed by atoms with Crippen molar-refractivity contribution in [1.29, 1.82) is 0 Å². The average Bonchev–Trinajstić information content (AvgIpc) is 2.21. The molecule has 0 aliphatic carbocycles. The third-order valence-corrected chi connectivity index (χ3v) is 12.5. The van der Waals surface area contributed by atoms with E-state index in [-0.39, 0.29) is 15.4 Å². The molecular formula is C13H35NO2Si3. The van der Waals surface area contributed by atoms with Gasteiger partial charge in [-0.05, 0) is 26.4 Å². The minimum Gasteiger partial charge on any atom is -0.357 e. The molecule has 0 heterocycles. The molecule has 0 aromatic heterocycles. The van der Waals surface area contributed by atoms with Gasteiger partial charge >= 0.3 is 0 Å². The third-order valence-electron chi connectivity index (χ3n) is 3.15. The van der Waals surface area contributed by atoms with Crippen LogP contribution in [0.3, 0.4) is 0 Å². The largest absolute Gasteiger partial charge is 0.357 e. The van der Waals surface area contributed by atoms with Gasteiger partial charge in [0, 0.05) is 13.2 Å². The molecule has 19 heavy (non-hydrogen) atoms.